The van der Waals surface area contributed by atoms with Gasteiger partial charge in [-0.1, -0.05) is 29.8 Å². The minimum Gasteiger partial charge on any atom is -0.444 e. The number of aliphatic hydroxyl groups is 1. The number of hydrogen-bond acceptors (Lipinski definition) is 9. The lowest BCUT2D eigenvalue weighted by Crippen LogP contribution is -2.32. The Bertz CT molecular complexity index is 1870. The Labute approximate surface area is 265 Å². The molecular weight excluding hydrogens is 622 g/mol. The fourth-order valence-electron chi connectivity index (χ4n) is 4.62. The van der Waals surface area contributed by atoms with Crippen LogP contribution in [0.5, 0.6) is 0 Å². The van der Waals surface area contributed by atoms with E-state index in [4.69, 9.17) is 21.6 Å². The molecule has 1 aromatic carbocycles. The molecule has 2 unspecified atom stereocenters. The molecule has 1 amide bonds. The third-order valence-corrected chi connectivity index (χ3v) is 10.4. The summed E-state index contributed by atoms with van der Waals surface area (Å²) >= 11 is 7.99. The van der Waals surface area contributed by atoms with Crippen LogP contribution < -0.4 is 10.0 Å². The van der Waals surface area contributed by atoms with Crippen LogP contribution in [-0.4, -0.2) is 40.4 Å². The van der Waals surface area contributed by atoms with Crippen molar-refractivity contribution < 1.29 is 23.1 Å². The molecule has 44 heavy (non-hydrogen) atoms. The van der Waals surface area contributed by atoms with Crippen LogP contribution in [0.2, 0.25) is 5.02 Å². The first-order valence-corrected chi connectivity index (χ1v) is 16.7. The van der Waals surface area contributed by atoms with Crippen LogP contribution >= 0.6 is 22.9 Å². The first-order valence-electron chi connectivity index (χ1n) is 13.9. The van der Waals surface area contributed by atoms with Gasteiger partial charge in [-0.05, 0) is 81.8 Å². The van der Waals surface area contributed by atoms with Gasteiger partial charge in [-0.2, -0.15) is 5.26 Å². The van der Waals surface area contributed by atoms with Crippen LogP contribution in [0.1, 0.15) is 69.1 Å². The predicted molar refractivity (Wildman–Crippen MR) is 171 cm³/mol. The summed E-state index contributed by atoms with van der Waals surface area (Å²) in [7, 11) is -3.71. The second-order valence-corrected chi connectivity index (χ2v) is 15.4. The number of pyridine rings is 2. The number of ether oxygens (including phenoxy) is 1. The second kappa shape index (κ2) is 12.1. The number of nitrogens with zero attached hydrogens (tertiary/aromatic N) is 3. The Kier molecular flexibility index (Phi) is 8.72. The van der Waals surface area contributed by atoms with Gasteiger partial charge in [0.25, 0.3) is 0 Å². The molecule has 3 N–H and O–H groups in total. The van der Waals surface area contributed by atoms with Gasteiger partial charge in [0, 0.05) is 21.3 Å². The van der Waals surface area contributed by atoms with Crippen molar-refractivity contribution in [1.29, 1.82) is 5.26 Å². The molecule has 0 spiro atoms. The van der Waals surface area contributed by atoms with Crippen LogP contribution in [0.25, 0.3) is 21.3 Å². The van der Waals surface area contributed by atoms with E-state index in [1.807, 2.05) is 30.3 Å². The van der Waals surface area contributed by atoms with Crippen molar-refractivity contribution in [2.45, 2.75) is 69.5 Å². The number of amides is 1. The molecule has 3 heterocycles. The molecular formula is C31H32ClN5O5S2. The second-order valence-electron chi connectivity index (χ2n) is 11.9. The number of anilines is 1. The van der Waals surface area contributed by atoms with Crippen LogP contribution in [0.4, 0.5) is 10.6 Å². The van der Waals surface area contributed by atoms with Gasteiger partial charge in [0.05, 0.1) is 45.8 Å². The molecule has 0 aliphatic heterocycles. The molecule has 2 atom stereocenters. The molecule has 10 nitrogen and oxygen atoms in total. The SMILES string of the molecule is CC(C)(C)OC(=O)Nc1ccc(Cl)c(C(NS(=O)(=O)C2CC2)c2cc3cccc(-c4cc(C(C)(O)CC#N)ccn4)c3s2)n1. The molecule has 4 aromatic rings. The Hall–Kier alpha value is -3.60. The molecule has 0 bridgehead atoms. The summed E-state index contributed by atoms with van der Waals surface area (Å²) in [6, 6.07) is 15.1. The van der Waals surface area contributed by atoms with Crippen molar-refractivity contribution in [1.82, 2.24) is 14.7 Å². The predicted octanol–water partition coefficient (Wildman–Crippen LogP) is 6.65. The number of carbonyl (C=O) groups excluding carboxylic acids is 1. The summed E-state index contributed by atoms with van der Waals surface area (Å²) in [6.07, 6.45) is 1.93. The number of sulfonamides is 1. The lowest BCUT2D eigenvalue weighted by molar-refractivity contribution is 0.0620. The first kappa shape index (κ1) is 31.8. The first-order chi connectivity index (χ1) is 20.7. The number of carbonyl (C=O) groups is 1. The average Bonchev–Trinajstić information content (AvgIpc) is 3.72. The Balaban J connectivity index is 1.59. The van der Waals surface area contributed by atoms with Crippen LogP contribution in [0.15, 0.2) is 54.7 Å². The van der Waals surface area contributed by atoms with Gasteiger partial charge in [0.15, 0.2) is 0 Å². The van der Waals surface area contributed by atoms with Crippen LogP contribution in [0, 0.1) is 11.3 Å². The number of halogens is 1. The number of rotatable bonds is 9. The lowest BCUT2D eigenvalue weighted by Gasteiger charge is -2.21. The maximum absolute atomic E-state index is 13.2. The number of thiophene rings is 1. The zero-order chi connectivity index (χ0) is 31.9. The van der Waals surface area contributed by atoms with E-state index in [2.05, 4.69) is 20.0 Å². The molecule has 230 valence electrons. The van der Waals surface area contributed by atoms with E-state index < -0.39 is 38.6 Å². The van der Waals surface area contributed by atoms with E-state index in [1.165, 1.54) is 17.4 Å². The van der Waals surface area contributed by atoms with Gasteiger partial charge in [-0.25, -0.2) is 22.9 Å². The summed E-state index contributed by atoms with van der Waals surface area (Å²) in [6.45, 7) is 6.81. The number of nitriles is 1. The van der Waals surface area contributed by atoms with Crippen molar-refractivity contribution >= 4 is 55.0 Å². The minimum atomic E-state index is -3.71. The lowest BCUT2D eigenvalue weighted by atomic mass is 9.92. The van der Waals surface area contributed by atoms with E-state index in [1.54, 1.807) is 52.1 Å². The normalized spacial score (nSPS) is 15.8. The van der Waals surface area contributed by atoms with Crippen LogP contribution in [-0.2, 0) is 20.4 Å². The number of benzene rings is 1. The topological polar surface area (TPSA) is 154 Å². The molecule has 0 radical (unpaired) electrons. The summed E-state index contributed by atoms with van der Waals surface area (Å²) in [5, 5.41) is 23.2. The number of nitrogens with one attached hydrogen (secondary N) is 2. The molecule has 3 aromatic heterocycles. The zero-order valence-corrected chi connectivity index (χ0v) is 27.0. The Morgan fingerprint density at radius 1 is 1.20 bits per heavy atom. The van der Waals surface area contributed by atoms with E-state index in [-0.39, 0.29) is 23.0 Å². The van der Waals surface area contributed by atoms with Crippen molar-refractivity contribution in [2.24, 2.45) is 0 Å². The Morgan fingerprint density at radius 3 is 2.64 bits per heavy atom. The standard InChI is InChI=1S/C31H32ClN5O5S2/c1-30(2,3)42-29(38)36-25-11-10-22(32)26(35-25)27(37-44(40,41)20-8-9-20)24-16-18-6-5-7-21(28(18)43-24)23-17-19(12-15-34-23)31(4,39)13-14-33/h5-7,10-12,15-17,20,27,37,39H,8-9,13H2,1-4H3,(H,35,36,38). The Morgan fingerprint density at radius 2 is 1.95 bits per heavy atom. The quantitative estimate of drug-likeness (QED) is 0.181. The van der Waals surface area contributed by atoms with E-state index in [0.717, 1.165) is 15.6 Å². The minimum absolute atomic E-state index is 0.0811. The highest BCUT2D eigenvalue weighted by Gasteiger charge is 2.39. The number of fused-ring (bicyclic) bond motifs is 1. The van der Waals surface area contributed by atoms with Crippen LogP contribution in [0.3, 0.4) is 0 Å². The van der Waals surface area contributed by atoms with Gasteiger partial charge in [-0.15, -0.1) is 11.3 Å². The highest BCUT2D eigenvalue weighted by molar-refractivity contribution is 7.90. The van der Waals surface area contributed by atoms with Crippen molar-refractivity contribution in [2.75, 3.05) is 5.32 Å². The van der Waals surface area contributed by atoms with Gasteiger partial charge in [-0.3, -0.25) is 10.3 Å². The molecule has 1 saturated carbocycles. The van der Waals surface area contributed by atoms with E-state index in [0.29, 0.717) is 29.0 Å². The van der Waals surface area contributed by atoms with Crippen molar-refractivity contribution in [3.8, 4) is 17.3 Å². The zero-order valence-electron chi connectivity index (χ0n) is 24.6. The fraction of sp³-hybridized carbons (Fsp3) is 0.355. The maximum atomic E-state index is 13.2. The van der Waals surface area contributed by atoms with Gasteiger partial charge in [0.1, 0.15) is 11.4 Å². The van der Waals surface area contributed by atoms with E-state index in [9.17, 15) is 18.3 Å². The third-order valence-electron chi connectivity index (χ3n) is 6.95. The summed E-state index contributed by atoms with van der Waals surface area (Å²) in [5.74, 6) is 0.154. The summed E-state index contributed by atoms with van der Waals surface area (Å²) in [4.78, 5) is 22.2. The third kappa shape index (κ3) is 7.20. The van der Waals surface area contributed by atoms with Crippen molar-refractivity contribution in [3.05, 3.63) is 75.9 Å². The van der Waals surface area contributed by atoms with Crippen molar-refractivity contribution in [3.63, 3.8) is 0 Å². The highest BCUT2D eigenvalue weighted by atomic mass is 35.5. The molecule has 1 fully saturated rings. The fourth-order valence-corrected chi connectivity index (χ4v) is 7.66. The molecule has 1 aliphatic carbocycles. The van der Waals surface area contributed by atoms with Gasteiger partial charge >= 0.3 is 6.09 Å². The monoisotopic (exact) mass is 653 g/mol. The molecule has 1 aliphatic rings. The number of hydrogen-bond donors (Lipinski definition) is 3. The van der Waals surface area contributed by atoms with Gasteiger partial charge < -0.3 is 9.84 Å². The molecule has 13 heteroatoms. The molecule has 0 saturated heterocycles. The largest absolute Gasteiger partial charge is 0.444 e. The van der Waals surface area contributed by atoms with Gasteiger partial charge in [0.2, 0.25) is 10.0 Å². The maximum Gasteiger partial charge on any atom is 0.413 e. The average molecular weight is 654 g/mol. The summed E-state index contributed by atoms with van der Waals surface area (Å²) < 4.78 is 35.5. The molecule has 5 rings (SSSR count). The smallest absolute Gasteiger partial charge is 0.413 e. The summed E-state index contributed by atoms with van der Waals surface area (Å²) in [5.41, 5.74) is 0.0687. The van der Waals surface area contributed by atoms with E-state index >= 15 is 0 Å². The highest BCUT2D eigenvalue weighted by Crippen LogP contribution is 2.41. The number of aromatic nitrogens is 2.